The highest BCUT2D eigenvalue weighted by atomic mass is 35.5. The number of piperidine rings is 1. The van der Waals surface area contributed by atoms with Gasteiger partial charge in [0.15, 0.2) is 0 Å². The summed E-state index contributed by atoms with van der Waals surface area (Å²) in [5.74, 6) is 0.169. The van der Waals surface area contributed by atoms with Crippen LogP contribution in [0.3, 0.4) is 0 Å². The molecule has 5 heteroatoms. The zero-order chi connectivity index (χ0) is 14.5. The number of rotatable bonds is 4. The number of carbonyl (C=O) groups excluding carboxylic acids is 1. The second-order valence-corrected chi connectivity index (χ2v) is 5.99. The van der Waals surface area contributed by atoms with E-state index in [0.29, 0.717) is 16.6 Å². The Morgan fingerprint density at radius 3 is 2.70 bits per heavy atom. The van der Waals surface area contributed by atoms with Gasteiger partial charge in [0.2, 0.25) is 5.91 Å². The van der Waals surface area contributed by atoms with E-state index in [2.05, 4.69) is 5.32 Å². The summed E-state index contributed by atoms with van der Waals surface area (Å²) < 4.78 is 0. The highest BCUT2D eigenvalue weighted by Crippen LogP contribution is 2.25. The molecule has 3 nitrogen and oxygen atoms in total. The molecule has 20 heavy (non-hydrogen) atoms. The molecule has 0 radical (unpaired) electrons. The van der Waals surface area contributed by atoms with Gasteiger partial charge in [-0.05, 0) is 37.8 Å². The number of hydrogen-bond acceptors (Lipinski definition) is 2. The van der Waals surface area contributed by atoms with Gasteiger partial charge in [0, 0.05) is 19.6 Å². The monoisotopic (exact) mass is 314 g/mol. The van der Waals surface area contributed by atoms with Crippen LogP contribution < -0.4 is 5.32 Å². The van der Waals surface area contributed by atoms with Crippen LogP contribution in [0.4, 0.5) is 0 Å². The van der Waals surface area contributed by atoms with Crippen molar-refractivity contribution in [3.8, 4) is 0 Å². The average molecular weight is 315 g/mol. The molecule has 2 rings (SSSR count). The summed E-state index contributed by atoms with van der Waals surface area (Å²) in [6.07, 6.45) is 3.45. The Labute approximate surface area is 130 Å². The van der Waals surface area contributed by atoms with E-state index in [-0.39, 0.29) is 11.9 Å². The van der Waals surface area contributed by atoms with Crippen LogP contribution in [0.1, 0.15) is 31.7 Å². The third-order valence-electron chi connectivity index (χ3n) is 3.67. The first-order chi connectivity index (χ1) is 9.59. The minimum absolute atomic E-state index is 0.169. The van der Waals surface area contributed by atoms with Crippen LogP contribution in [0.25, 0.3) is 0 Å². The van der Waals surface area contributed by atoms with Crippen LogP contribution in [0, 0.1) is 0 Å². The summed E-state index contributed by atoms with van der Waals surface area (Å²) in [7, 11) is 0. The fourth-order valence-electron chi connectivity index (χ4n) is 2.42. The maximum absolute atomic E-state index is 12.3. The summed E-state index contributed by atoms with van der Waals surface area (Å²) in [4.78, 5) is 14.2. The summed E-state index contributed by atoms with van der Waals surface area (Å²) in [6.45, 7) is 4.20. The van der Waals surface area contributed by atoms with Crippen LogP contribution in [0.5, 0.6) is 0 Å². The third kappa shape index (κ3) is 3.87. The molecule has 1 atom stereocenters. The van der Waals surface area contributed by atoms with E-state index in [4.69, 9.17) is 23.2 Å². The number of benzene rings is 1. The van der Waals surface area contributed by atoms with Gasteiger partial charge in [-0.2, -0.15) is 0 Å². The lowest BCUT2D eigenvalue weighted by Gasteiger charge is -2.29. The SMILES string of the molecule is CC(NCc1cccc(Cl)c1Cl)C(=O)N1CCCCC1. The quantitative estimate of drug-likeness (QED) is 0.922. The van der Waals surface area contributed by atoms with E-state index in [9.17, 15) is 4.79 Å². The van der Waals surface area contributed by atoms with Gasteiger partial charge in [-0.25, -0.2) is 0 Å². The summed E-state index contributed by atoms with van der Waals surface area (Å²) in [6, 6.07) is 5.33. The molecule has 1 saturated heterocycles. The molecule has 1 N–H and O–H groups in total. The highest BCUT2D eigenvalue weighted by Gasteiger charge is 2.21. The third-order valence-corrected chi connectivity index (χ3v) is 4.53. The molecule has 1 heterocycles. The second kappa shape index (κ2) is 7.30. The van der Waals surface area contributed by atoms with Crippen LogP contribution in [-0.4, -0.2) is 29.9 Å². The molecule has 1 amide bonds. The number of nitrogens with one attached hydrogen (secondary N) is 1. The first-order valence-corrected chi connectivity index (χ1v) is 7.80. The number of carbonyl (C=O) groups is 1. The van der Waals surface area contributed by atoms with E-state index >= 15 is 0 Å². The topological polar surface area (TPSA) is 32.3 Å². The van der Waals surface area contributed by atoms with E-state index in [1.54, 1.807) is 6.07 Å². The normalized spacial score (nSPS) is 17.1. The largest absolute Gasteiger partial charge is 0.341 e. The minimum Gasteiger partial charge on any atom is -0.341 e. The lowest BCUT2D eigenvalue weighted by molar-refractivity contribution is -0.133. The van der Waals surface area contributed by atoms with Crippen molar-refractivity contribution in [2.24, 2.45) is 0 Å². The maximum Gasteiger partial charge on any atom is 0.239 e. The van der Waals surface area contributed by atoms with Crippen LogP contribution in [-0.2, 0) is 11.3 Å². The Kier molecular flexibility index (Phi) is 5.70. The zero-order valence-electron chi connectivity index (χ0n) is 11.7. The molecule has 1 aromatic rings. The molecular weight excluding hydrogens is 295 g/mol. The van der Waals surface area contributed by atoms with Gasteiger partial charge in [-0.1, -0.05) is 35.3 Å². The van der Waals surface area contributed by atoms with Crippen molar-refractivity contribution >= 4 is 29.1 Å². The van der Waals surface area contributed by atoms with E-state index in [0.717, 1.165) is 31.5 Å². The smallest absolute Gasteiger partial charge is 0.239 e. The van der Waals surface area contributed by atoms with Gasteiger partial charge in [0.1, 0.15) is 0 Å². The van der Waals surface area contributed by atoms with Gasteiger partial charge in [0.05, 0.1) is 16.1 Å². The fourth-order valence-corrected chi connectivity index (χ4v) is 2.81. The molecule has 1 aliphatic rings. The van der Waals surface area contributed by atoms with Crippen molar-refractivity contribution in [2.45, 2.75) is 38.8 Å². The molecule has 0 aromatic heterocycles. The molecule has 110 valence electrons. The number of hydrogen-bond donors (Lipinski definition) is 1. The van der Waals surface area contributed by atoms with Crippen LogP contribution >= 0.6 is 23.2 Å². The molecule has 1 aliphatic heterocycles. The molecule has 1 aromatic carbocycles. The number of likely N-dealkylation sites (tertiary alicyclic amines) is 1. The Bertz CT molecular complexity index is 473. The predicted molar refractivity (Wildman–Crippen MR) is 83.2 cm³/mol. The molecule has 0 saturated carbocycles. The van der Waals surface area contributed by atoms with E-state index < -0.39 is 0 Å². The van der Waals surface area contributed by atoms with Crippen molar-refractivity contribution in [1.82, 2.24) is 10.2 Å². The molecule has 1 fully saturated rings. The molecular formula is C15H20Cl2N2O. The zero-order valence-corrected chi connectivity index (χ0v) is 13.2. The predicted octanol–water partition coefficient (Wildman–Crippen LogP) is 3.48. The second-order valence-electron chi connectivity index (χ2n) is 5.20. The Morgan fingerprint density at radius 2 is 2.00 bits per heavy atom. The average Bonchev–Trinajstić information content (AvgIpc) is 2.48. The molecule has 1 unspecified atom stereocenters. The molecule has 0 aliphatic carbocycles. The molecule has 0 bridgehead atoms. The van der Waals surface area contributed by atoms with Gasteiger partial charge in [-0.15, -0.1) is 0 Å². The van der Waals surface area contributed by atoms with Crippen LogP contribution in [0.2, 0.25) is 10.0 Å². The Morgan fingerprint density at radius 1 is 1.30 bits per heavy atom. The minimum atomic E-state index is -0.205. The number of nitrogens with zero attached hydrogens (tertiary/aromatic N) is 1. The van der Waals surface area contributed by atoms with Gasteiger partial charge < -0.3 is 10.2 Å². The van der Waals surface area contributed by atoms with Crippen LogP contribution in [0.15, 0.2) is 18.2 Å². The fraction of sp³-hybridized carbons (Fsp3) is 0.533. The van der Waals surface area contributed by atoms with Crippen molar-refractivity contribution in [3.05, 3.63) is 33.8 Å². The Hall–Kier alpha value is -0.770. The van der Waals surface area contributed by atoms with Gasteiger partial charge in [-0.3, -0.25) is 4.79 Å². The van der Waals surface area contributed by atoms with E-state index in [1.807, 2.05) is 24.0 Å². The summed E-state index contributed by atoms with van der Waals surface area (Å²) in [5.41, 5.74) is 0.914. The van der Waals surface area contributed by atoms with Gasteiger partial charge >= 0.3 is 0 Å². The number of amides is 1. The van der Waals surface area contributed by atoms with Gasteiger partial charge in [0.25, 0.3) is 0 Å². The van der Waals surface area contributed by atoms with E-state index in [1.165, 1.54) is 6.42 Å². The number of halogens is 2. The standard InChI is InChI=1S/C15H20Cl2N2O/c1-11(15(20)19-8-3-2-4-9-19)18-10-12-6-5-7-13(16)14(12)17/h5-7,11,18H,2-4,8-10H2,1H3. The molecule has 0 spiro atoms. The van der Waals surface area contributed by atoms with Crippen molar-refractivity contribution in [2.75, 3.05) is 13.1 Å². The first kappa shape index (κ1) is 15.6. The Balaban J connectivity index is 1.89. The summed E-state index contributed by atoms with van der Waals surface area (Å²) >= 11 is 12.1. The summed E-state index contributed by atoms with van der Waals surface area (Å²) in [5, 5.41) is 4.33. The first-order valence-electron chi connectivity index (χ1n) is 7.04. The highest BCUT2D eigenvalue weighted by molar-refractivity contribution is 6.42. The maximum atomic E-state index is 12.3. The van der Waals surface area contributed by atoms with Crippen molar-refractivity contribution in [3.63, 3.8) is 0 Å². The van der Waals surface area contributed by atoms with Crippen molar-refractivity contribution < 1.29 is 4.79 Å². The van der Waals surface area contributed by atoms with Crippen molar-refractivity contribution in [1.29, 1.82) is 0 Å². The lowest BCUT2D eigenvalue weighted by atomic mass is 10.1. The lowest BCUT2D eigenvalue weighted by Crippen LogP contribution is -2.46.